The van der Waals surface area contributed by atoms with Crippen molar-refractivity contribution >= 4 is 26.8 Å². The van der Waals surface area contributed by atoms with Gasteiger partial charge in [-0.15, -0.1) is 0 Å². The maximum Gasteiger partial charge on any atom is 0.278 e. The van der Waals surface area contributed by atoms with E-state index >= 15 is 0 Å². The van der Waals surface area contributed by atoms with Crippen LogP contribution in [0.5, 0.6) is 0 Å². The standard InChI is InChI=1S/C10H5BrF3NO/c11-5-1-4-7(2-6(5)12)15-8(10(13)14)3-9(4)16/h1-3,10H,(H,15,16). The van der Waals surface area contributed by atoms with Gasteiger partial charge in [0.25, 0.3) is 6.43 Å². The van der Waals surface area contributed by atoms with Crippen molar-refractivity contribution in [2.45, 2.75) is 6.43 Å². The van der Waals surface area contributed by atoms with Crippen molar-refractivity contribution in [2.24, 2.45) is 0 Å². The Balaban J connectivity index is 2.82. The Labute approximate surface area is 96.2 Å². The molecule has 84 valence electrons. The first-order valence-corrected chi connectivity index (χ1v) is 5.08. The van der Waals surface area contributed by atoms with Crippen molar-refractivity contribution < 1.29 is 13.2 Å². The van der Waals surface area contributed by atoms with E-state index < -0.39 is 23.4 Å². The van der Waals surface area contributed by atoms with Gasteiger partial charge in [0.05, 0.1) is 15.7 Å². The summed E-state index contributed by atoms with van der Waals surface area (Å²) in [4.78, 5) is 13.8. The van der Waals surface area contributed by atoms with E-state index in [1.165, 1.54) is 6.07 Å². The summed E-state index contributed by atoms with van der Waals surface area (Å²) in [5, 5.41) is 0.165. The molecule has 0 bridgehead atoms. The molecule has 0 saturated carbocycles. The van der Waals surface area contributed by atoms with Crippen molar-refractivity contribution in [1.29, 1.82) is 0 Å². The SMILES string of the molecule is O=c1cc(C(F)F)[nH]c2cc(F)c(Br)cc12. The minimum Gasteiger partial charge on any atom is -0.353 e. The van der Waals surface area contributed by atoms with E-state index in [1.54, 1.807) is 0 Å². The van der Waals surface area contributed by atoms with E-state index in [2.05, 4.69) is 20.9 Å². The van der Waals surface area contributed by atoms with Gasteiger partial charge in [-0.3, -0.25) is 4.79 Å². The van der Waals surface area contributed by atoms with Crippen LogP contribution in [0.1, 0.15) is 12.1 Å². The van der Waals surface area contributed by atoms with Crippen molar-refractivity contribution in [3.05, 3.63) is 44.4 Å². The Morgan fingerprint density at radius 2 is 1.94 bits per heavy atom. The first-order chi connectivity index (χ1) is 7.49. The Kier molecular flexibility index (Phi) is 2.75. The van der Waals surface area contributed by atoms with Crippen LogP contribution < -0.4 is 5.43 Å². The Bertz CT molecular complexity index is 609. The number of hydrogen-bond donors (Lipinski definition) is 1. The molecule has 1 heterocycles. The number of rotatable bonds is 1. The van der Waals surface area contributed by atoms with Crippen LogP contribution in [0.3, 0.4) is 0 Å². The third-order valence-corrected chi connectivity index (χ3v) is 2.73. The second kappa shape index (κ2) is 3.93. The maximum absolute atomic E-state index is 13.2. The average molecular weight is 292 g/mol. The summed E-state index contributed by atoms with van der Waals surface area (Å²) in [5.74, 6) is -0.616. The Morgan fingerprint density at radius 3 is 2.56 bits per heavy atom. The lowest BCUT2D eigenvalue weighted by Crippen LogP contribution is -2.06. The van der Waals surface area contributed by atoms with E-state index in [0.29, 0.717) is 0 Å². The predicted molar refractivity (Wildman–Crippen MR) is 57.2 cm³/mol. The van der Waals surface area contributed by atoms with Gasteiger partial charge in [0.2, 0.25) is 0 Å². The quantitative estimate of drug-likeness (QED) is 0.859. The van der Waals surface area contributed by atoms with Crippen molar-refractivity contribution in [2.75, 3.05) is 0 Å². The number of fused-ring (bicyclic) bond motifs is 1. The highest BCUT2D eigenvalue weighted by atomic mass is 79.9. The number of nitrogens with one attached hydrogen (secondary N) is 1. The lowest BCUT2D eigenvalue weighted by Gasteiger charge is -2.04. The van der Waals surface area contributed by atoms with Gasteiger partial charge in [-0.05, 0) is 28.1 Å². The topological polar surface area (TPSA) is 32.9 Å². The van der Waals surface area contributed by atoms with Crippen LogP contribution in [0, 0.1) is 5.82 Å². The van der Waals surface area contributed by atoms with Crippen LogP contribution in [-0.4, -0.2) is 4.98 Å². The fourth-order valence-corrected chi connectivity index (χ4v) is 1.73. The Morgan fingerprint density at radius 1 is 1.25 bits per heavy atom. The molecular formula is C10H5BrF3NO. The fourth-order valence-electron chi connectivity index (χ4n) is 1.38. The molecule has 1 N–H and O–H groups in total. The number of hydrogen-bond acceptors (Lipinski definition) is 1. The summed E-state index contributed by atoms with van der Waals surface area (Å²) in [5.41, 5.74) is -1.02. The molecule has 2 nitrogen and oxygen atoms in total. The van der Waals surface area contributed by atoms with Crippen LogP contribution in [0.4, 0.5) is 13.2 Å². The summed E-state index contributed by atoms with van der Waals surface area (Å²) in [6, 6.07) is 3.09. The van der Waals surface area contributed by atoms with E-state index in [0.717, 1.165) is 12.1 Å². The molecule has 0 aliphatic heterocycles. The molecule has 0 aliphatic rings. The minimum atomic E-state index is -2.79. The maximum atomic E-state index is 13.2. The van der Waals surface area contributed by atoms with Gasteiger partial charge in [-0.25, -0.2) is 13.2 Å². The zero-order valence-electron chi connectivity index (χ0n) is 7.73. The molecule has 0 unspecified atom stereocenters. The predicted octanol–water partition coefficient (Wildman–Crippen LogP) is 3.37. The van der Waals surface area contributed by atoms with E-state index in [4.69, 9.17) is 0 Å². The van der Waals surface area contributed by atoms with E-state index in [1.807, 2.05) is 0 Å². The normalized spacial score (nSPS) is 11.3. The smallest absolute Gasteiger partial charge is 0.278 e. The third-order valence-electron chi connectivity index (χ3n) is 2.13. The van der Waals surface area contributed by atoms with Gasteiger partial charge in [-0.2, -0.15) is 0 Å². The molecule has 0 spiro atoms. The molecular weight excluding hydrogens is 287 g/mol. The van der Waals surface area contributed by atoms with Gasteiger partial charge >= 0.3 is 0 Å². The lowest BCUT2D eigenvalue weighted by atomic mass is 10.2. The van der Waals surface area contributed by atoms with Gasteiger partial charge in [0.1, 0.15) is 5.82 Å². The fraction of sp³-hybridized carbons (Fsp3) is 0.100. The molecule has 0 fully saturated rings. The highest BCUT2D eigenvalue weighted by Gasteiger charge is 2.12. The molecule has 6 heteroatoms. The summed E-state index contributed by atoms with van der Waals surface area (Å²) >= 11 is 2.92. The third kappa shape index (κ3) is 1.84. The van der Waals surface area contributed by atoms with Gasteiger partial charge < -0.3 is 4.98 Å². The molecule has 2 rings (SSSR count). The van der Waals surface area contributed by atoms with Gasteiger partial charge in [-0.1, -0.05) is 0 Å². The van der Waals surface area contributed by atoms with Gasteiger partial charge in [0.15, 0.2) is 5.43 Å². The molecule has 0 atom stereocenters. The lowest BCUT2D eigenvalue weighted by molar-refractivity contribution is 0.146. The summed E-state index contributed by atoms with van der Waals surface area (Å²) in [7, 11) is 0. The summed E-state index contributed by atoms with van der Waals surface area (Å²) in [6.45, 7) is 0. The second-order valence-electron chi connectivity index (χ2n) is 3.20. The molecule has 16 heavy (non-hydrogen) atoms. The van der Waals surface area contributed by atoms with Crippen LogP contribution in [-0.2, 0) is 0 Å². The van der Waals surface area contributed by atoms with Gasteiger partial charge in [0, 0.05) is 11.5 Å². The first kappa shape index (κ1) is 11.2. The molecule has 0 saturated heterocycles. The highest BCUT2D eigenvalue weighted by Crippen LogP contribution is 2.22. The molecule has 2 aromatic rings. The first-order valence-electron chi connectivity index (χ1n) is 4.29. The van der Waals surface area contributed by atoms with Crippen LogP contribution >= 0.6 is 15.9 Å². The molecule has 1 aromatic carbocycles. The van der Waals surface area contributed by atoms with Crippen molar-refractivity contribution in [3.8, 4) is 0 Å². The zero-order valence-corrected chi connectivity index (χ0v) is 9.32. The number of alkyl halides is 2. The monoisotopic (exact) mass is 291 g/mol. The van der Waals surface area contributed by atoms with E-state index in [9.17, 15) is 18.0 Å². The second-order valence-corrected chi connectivity index (χ2v) is 4.06. The van der Waals surface area contributed by atoms with E-state index in [-0.39, 0.29) is 15.4 Å². The number of H-pyrrole nitrogens is 1. The highest BCUT2D eigenvalue weighted by molar-refractivity contribution is 9.10. The molecule has 1 aromatic heterocycles. The average Bonchev–Trinajstić information content (AvgIpc) is 2.20. The van der Waals surface area contributed by atoms with Crippen LogP contribution in [0.25, 0.3) is 10.9 Å². The minimum absolute atomic E-state index is 0.0588. The van der Waals surface area contributed by atoms with Crippen LogP contribution in [0.15, 0.2) is 27.5 Å². The molecule has 0 aliphatic carbocycles. The number of aromatic amines is 1. The number of aromatic nitrogens is 1. The van der Waals surface area contributed by atoms with Crippen molar-refractivity contribution in [3.63, 3.8) is 0 Å². The summed E-state index contributed by atoms with van der Waals surface area (Å²) < 4.78 is 38.0. The summed E-state index contributed by atoms with van der Waals surface area (Å²) in [6.07, 6.45) is -2.79. The Hall–Kier alpha value is -1.30. The number of benzene rings is 1. The van der Waals surface area contributed by atoms with Crippen molar-refractivity contribution in [1.82, 2.24) is 4.98 Å². The largest absolute Gasteiger partial charge is 0.353 e. The zero-order chi connectivity index (χ0) is 11.9. The number of pyridine rings is 1. The number of halogens is 4. The molecule has 0 amide bonds. The van der Waals surface area contributed by atoms with Crippen LogP contribution in [0.2, 0.25) is 0 Å². The molecule has 0 radical (unpaired) electrons.